The standard InChI is InChI=1S/C16H18FNS2/c1-2-13(15-7-4-9-19-15)18-14-8-10-20-16-11(14)5-3-6-12(16)17/h3-7,9,13-14,18H,2,8,10H2,1H3. The second-order valence-electron chi connectivity index (χ2n) is 4.99. The monoisotopic (exact) mass is 307 g/mol. The van der Waals surface area contributed by atoms with Crippen LogP contribution in [0.15, 0.2) is 40.6 Å². The van der Waals surface area contributed by atoms with E-state index in [1.165, 1.54) is 4.88 Å². The van der Waals surface area contributed by atoms with Gasteiger partial charge in [0.1, 0.15) is 5.82 Å². The molecular formula is C16H18FNS2. The molecule has 0 saturated carbocycles. The number of thioether (sulfide) groups is 1. The van der Waals surface area contributed by atoms with E-state index in [9.17, 15) is 4.39 Å². The van der Waals surface area contributed by atoms with E-state index in [0.29, 0.717) is 6.04 Å². The van der Waals surface area contributed by atoms with Crippen LogP contribution in [0.25, 0.3) is 0 Å². The molecule has 20 heavy (non-hydrogen) atoms. The van der Waals surface area contributed by atoms with Crippen molar-refractivity contribution in [1.29, 1.82) is 0 Å². The minimum absolute atomic E-state index is 0.0804. The summed E-state index contributed by atoms with van der Waals surface area (Å²) in [5.74, 6) is 0.898. The summed E-state index contributed by atoms with van der Waals surface area (Å²) in [6, 6.07) is 10.3. The predicted molar refractivity (Wildman–Crippen MR) is 85.0 cm³/mol. The van der Waals surface area contributed by atoms with Crippen LogP contribution in [0.5, 0.6) is 0 Å². The van der Waals surface area contributed by atoms with Gasteiger partial charge in [-0.15, -0.1) is 23.1 Å². The molecule has 1 aromatic heterocycles. The maximum atomic E-state index is 13.9. The van der Waals surface area contributed by atoms with Gasteiger partial charge in [-0.05, 0) is 41.7 Å². The normalized spacial score (nSPS) is 19.6. The molecule has 2 heterocycles. The highest BCUT2D eigenvalue weighted by Gasteiger charge is 2.25. The minimum atomic E-state index is -0.0804. The Morgan fingerprint density at radius 1 is 1.35 bits per heavy atom. The molecule has 2 aromatic rings. The van der Waals surface area contributed by atoms with Gasteiger partial charge >= 0.3 is 0 Å². The molecule has 1 aliphatic rings. The zero-order chi connectivity index (χ0) is 13.9. The highest BCUT2D eigenvalue weighted by Crippen LogP contribution is 2.39. The molecule has 2 atom stereocenters. The maximum absolute atomic E-state index is 13.9. The first-order valence-corrected chi connectivity index (χ1v) is 8.86. The second kappa shape index (κ2) is 6.29. The third kappa shape index (κ3) is 2.78. The summed E-state index contributed by atoms with van der Waals surface area (Å²) in [7, 11) is 0. The van der Waals surface area contributed by atoms with Gasteiger partial charge in [0.15, 0.2) is 0 Å². The average molecular weight is 307 g/mol. The number of benzene rings is 1. The zero-order valence-corrected chi connectivity index (χ0v) is 13.1. The molecule has 0 fully saturated rings. The smallest absolute Gasteiger partial charge is 0.137 e. The lowest BCUT2D eigenvalue weighted by atomic mass is 10.0. The van der Waals surface area contributed by atoms with Gasteiger partial charge in [0.05, 0.1) is 0 Å². The van der Waals surface area contributed by atoms with Crippen LogP contribution in [0.2, 0.25) is 0 Å². The lowest BCUT2D eigenvalue weighted by Crippen LogP contribution is -2.28. The van der Waals surface area contributed by atoms with Crippen LogP contribution < -0.4 is 5.32 Å². The third-order valence-corrected chi connectivity index (χ3v) is 5.87. The van der Waals surface area contributed by atoms with Crippen molar-refractivity contribution in [2.75, 3.05) is 5.75 Å². The number of nitrogens with one attached hydrogen (secondary N) is 1. The maximum Gasteiger partial charge on any atom is 0.137 e. The van der Waals surface area contributed by atoms with Crippen molar-refractivity contribution < 1.29 is 4.39 Å². The summed E-state index contributed by atoms with van der Waals surface area (Å²) in [5.41, 5.74) is 1.12. The van der Waals surface area contributed by atoms with E-state index >= 15 is 0 Å². The first kappa shape index (κ1) is 14.1. The number of hydrogen-bond donors (Lipinski definition) is 1. The van der Waals surface area contributed by atoms with Gasteiger partial charge in [-0.25, -0.2) is 4.39 Å². The fourth-order valence-electron chi connectivity index (χ4n) is 2.69. The van der Waals surface area contributed by atoms with Crippen LogP contribution in [-0.2, 0) is 0 Å². The van der Waals surface area contributed by atoms with Crippen molar-refractivity contribution in [2.24, 2.45) is 0 Å². The topological polar surface area (TPSA) is 12.0 Å². The number of fused-ring (bicyclic) bond motifs is 1. The van der Waals surface area contributed by atoms with E-state index in [1.807, 2.05) is 6.07 Å². The van der Waals surface area contributed by atoms with Gasteiger partial charge in [0, 0.05) is 21.9 Å². The quantitative estimate of drug-likeness (QED) is 0.837. The van der Waals surface area contributed by atoms with Gasteiger partial charge in [-0.3, -0.25) is 0 Å². The van der Waals surface area contributed by atoms with Crippen LogP contribution >= 0.6 is 23.1 Å². The summed E-state index contributed by atoms with van der Waals surface area (Å²) in [6.07, 6.45) is 2.11. The van der Waals surface area contributed by atoms with Crippen LogP contribution in [0.1, 0.15) is 42.3 Å². The Morgan fingerprint density at radius 2 is 2.25 bits per heavy atom. The Morgan fingerprint density at radius 3 is 3.00 bits per heavy atom. The molecule has 2 unspecified atom stereocenters. The van der Waals surface area contributed by atoms with E-state index in [-0.39, 0.29) is 11.9 Å². The summed E-state index contributed by atoms with van der Waals surface area (Å²) >= 11 is 3.43. The minimum Gasteiger partial charge on any atom is -0.302 e. The molecule has 1 nitrogen and oxygen atoms in total. The van der Waals surface area contributed by atoms with Crippen molar-refractivity contribution in [1.82, 2.24) is 5.32 Å². The summed E-state index contributed by atoms with van der Waals surface area (Å²) in [5, 5.41) is 5.84. The van der Waals surface area contributed by atoms with E-state index < -0.39 is 0 Å². The molecule has 3 rings (SSSR count). The van der Waals surface area contributed by atoms with Crippen molar-refractivity contribution >= 4 is 23.1 Å². The zero-order valence-electron chi connectivity index (χ0n) is 11.4. The van der Waals surface area contributed by atoms with Crippen LogP contribution in [0.3, 0.4) is 0 Å². The lowest BCUT2D eigenvalue weighted by molar-refractivity contribution is 0.421. The molecule has 1 aliphatic heterocycles. The largest absolute Gasteiger partial charge is 0.302 e. The molecule has 1 aromatic carbocycles. The SMILES string of the molecule is CCC(NC1CCSc2c(F)cccc21)c1cccs1. The van der Waals surface area contributed by atoms with Crippen molar-refractivity contribution in [3.8, 4) is 0 Å². The third-order valence-electron chi connectivity index (χ3n) is 3.72. The van der Waals surface area contributed by atoms with Crippen molar-refractivity contribution in [2.45, 2.75) is 36.7 Å². The van der Waals surface area contributed by atoms with Crippen LogP contribution in [0, 0.1) is 5.82 Å². The molecule has 0 saturated heterocycles. The molecule has 0 bridgehead atoms. The number of thiophene rings is 1. The van der Waals surface area contributed by atoms with Crippen LogP contribution in [0.4, 0.5) is 4.39 Å². The molecule has 0 aliphatic carbocycles. The van der Waals surface area contributed by atoms with E-state index in [0.717, 1.165) is 29.1 Å². The molecule has 0 spiro atoms. The Balaban J connectivity index is 1.84. The summed E-state index contributed by atoms with van der Waals surface area (Å²) in [6.45, 7) is 2.20. The summed E-state index contributed by atoms with van der Waals surface area (Å²) < 4.78 is 13.9. The Labute approximate surface area is 127 Å². The molecule has 0 radical (unpaired) electrons. The fourth-order valence-corrected chi connectivity index (χ4v) is 4.70. The van der Waals surface area contributed by atoms with Gasteiger partial charge in [0.2, 0.25) is 0 Å². The highest BCUT2D eigenvalue weighted by molar-refractivity contribution is 7.99. The van der Waals surface area contributed by atoms with Gasteiger partial charge in [0.25, 0.3) is 0 Å². The van der Waals surface area contributed by atoms with E-state index in [1.54, 1.807) is 29.2 Å². The fraction of sp³-hybridized carbons (Fsp3) is 0.375. The highest BCUT2D eigenvalue weighted by atomic mass is 32.2. The van der Waals surface area contributed by atoms with E-state index in [2.05, 4.69) is 35.8 Å². The molecule has 1 N–H and O–H groups in total. The second-order valence-corrected chi connectivity index (χ2v) is 7.08. The average Bonchev–Trinajstić information content (AvgIpc) is 2.99. The van der Waals surface area contributed by atoms with Gasteiger partial charge < -0.3 is 5.32 Å². The molecule has 106 valence electrons. The molecular weight excluding hydrogens is 289 g/mol. The Hall–Kier alpha value is -0.840. The van der Waals surface area contributed by atoms with Gasteiger partial charge in [-0.1, -0.05) is 25.1 Å². The number of rotatable bonds is 4. The predicted octanol–water partition coefficient (Wildman–Crippen LogP) is 5.17. The first-order valence-electron chi connectivity index (χ1n) is 7.00. The van der Waals surface area contributed by atoms with E-state index in [4.69, 9.17) is 0 Å². The Bertz CT molecular complexity index is 568. The molecule has 0 amide bonds. The van der Waals surface area contributed by atoms with Crippen molar-refractivity contribution in [3.63, 3.8) is 0 Å². The lowest BCUT2D eigenvalue weighted by Gasteiger charge is -2.29. The van der Waals surface area contributed by atoms with Crippen LogP contribution in [-0.4, -0.2) is 5.75 Å². The number of halogens is 1. The molecule has 4 heteroatoms. The first-order chi connectivity index (χ1) is 9.79. The Kier molecular flexibility index (Phi) is 4.44. The number of hydrogen-bond acceptors (Lipinski definition) is 3. The summed E-state index contributed by atoms with van der Waals surface area (Å²) in [4.78, 5) is 2.20. The van der Waals surface area contributed by atoms with Crippen molar-refractivity contribution in [3.05, 3.63) is 52.0 Å². The van der Waals surface area contributed by atoms with Gasteiger partial charge in [-0.2, -0.15) is 0 Å².